The van der Waals surface area contributed by atoms with E-state index in [4.69, 9.17) is 18.9 Å². The van der Waals surface area contributed by atoms with Gasteiger partial charge in [-0.3, -0.25) is 37.9 Å². The zero-order valence-corrected chi connectivity index (χ0v) is 43.6. The van der Waals surface area contributed by atoms with Gasteiger partial charge in [0.05, 0.1) is 63.4 Å². The Balaban J connectivity index is 0.000000211. The predicted octanol–water partition coefficient (Wildman–Crippen LogP) is 7.10. The molecule has 0 bridgehead atoms. The standard InChI is InChI=1S/2C24H29N7O4S/c2*1-15-10-19(13-25-11-15)23-27-28-24(31(23)22-20(34-5)8-7-9-21(22)35-6)29-36(32,33)18(4)17(3)30-14-16(2)12-26-30/h2*7-14,17-18H,1-6H3,(H,28,29)/t2*17-,18-/m10/s1. The maximum atomic E-state index is 13.5. The van der Waals surface area contributed by atoms with Crippen LogP contribution in [-0.2, 0) is 20.0 Å². The van der Waals surface area contributed by atoms with Gasteiger partial charge in [-0.1, -0.05) is 12.1 Å². The van der Waals surface area contributed by atoms with Gasteiger partial charge in [0, 0.05) is 48.3 Å². The summed E-state index contributed by atoms with van der Waals surface area (Å²) in [6.45, 7) is 14.5. The molecule has 0 unspecified atom stereocenters. The molecule has 22 nitrogen and oxygen atoms in total. The van der Waals surface area contributed by atoms with Crippen molar-refractivity contribution in [3.05, 3.63) is 120 Å². The molecule has 8 aromatic rings. The number of sulfonamides is 2. The van der Waals surface area contributed by atoms with Crippen LogP contribution in [0, 0.1) is 27.7 Å². The Kier molecular flexibility index (Phi) is 15.6. The molecule has 72 heavy (non-hydrogen) atoms. The lowest BCUT2D eigenvalue weighted by atomic mass is 10.2. The first kappa shape index (κ1) is 52.0. The first-order valence-corrected chi connectivity index (χ1v) is 25.6. The zero-order chi connectivity index (χ0) is 52.1. The van der Waals surface area contributed by atoms with Crippen LogP contribution in [0.4, 0.5) is 11.9 Å². The van der Waals surface area contributed by atoms with Crippen molar-refractivity contribution in [3.8, 4) is 57.1 Å². The van der Waals surface area contributed by atoms with Crippen LogP contribution < -0.4 is 28.4 Å². The number of hydrogen-bond acceptors (Lipinski definition) is 16. The van der Waals surface area contributed by atoms with E-state index in [0.717, 1.165) is 22.3 Å². The Labute approximate surface area is 418 Å². The number of aryl methyl sites for hydroxylation is 4. The second-order valence-corrected chi connectivity index (χ2v) is 21.1. The number of rotatable bonds is 18. The van der Waals surface area contributed by atoms with E-state index in [2.05, 4.69) is 50.0 Å². The van der Waals surface area contributed by atoms with Crippen LogP contribution in [0.2, 0.25) is 0 Å². The van der Waals surface area contributed by atoms with Crippen LogP contribution >= 0.6 is 0 Å². The largest absolute Gasteiger partial charge is 0.494 e. The molecule has 2 N–H and O–H groups in total. The lowest BCUT2D eigenvalue weighted by molar-refractivity contribution is 0.391. The summed E-state index contributed by atoms with van der Waals surface area (Å²) in [4.78, 5) is 8.52. The number of ether oxygens (including phenoxy) is 4. The monoisotopic (exact) mass is 1020 g/mol. The molecule has 8 rings (SSSR count). The van der Waals surface area contributed by atoms with Gasteiger partial charge in [0.1, 0.15) is 34.4 Å². The molecule has 0 saturated heterocycles. The quantitative estimate of drug-likeness (QED) is 0.0869. The molecule has 4 atom stereocenters. The number of nitrogens with zero attached hydrogens (tertiary/aromatic N) is 12. The van der Waals surface area contributed by atoms with Gasteiger partial charge in [0.25, 0.3) is 0 Å². The van der Waals surface area contributed by atoms with Gasteiger partial charge >= 0.3 is 0 Å². The molecule has 0 spiro atoms. The second kappa shape index (κ2) is 21.6. The number of pyridine rings is 2. The summed E-state index contributed by atoms with van der Waals surface area (Å²) in [5.74, 6) is 2.52. The van der Waals surface area contributed by atoms with Crippen molar-refractivity contribution in [1.82, 2.24) is 59.1 Å². The average Bonchev–Trinajstić information content (AvgIpc) is 4.19. The molecule has 0 amide bonds. The molecule has 380 valence electrons. The molecule has 0 aliphatic carbocycles. The van der Waals surface area contributed by atoms with Crippen LogP contribution in [0.25, 0.3) is 34.2 Å². The Hall–Kier alpha value is -7.86. The van der Waals surface area contributed by atoms with E-state index in [-0.39, 0.29) is 11.9 Å². The molecule has 0 fully saturated rings. The van der Waals surface area contributed by atoms with Gasteiger partial charge in [-0.25, -0.2) is 16.8 Å². The van der Waals surface area contributed by atoms with Crippen LogP contribution in [0.1, 0.15) is 62.0 Å². The lowest BCUT2D eigenvalue weighted by Crippen LogP contribution is -2.33. The van der Waals surface area contributed by atoms with E-state index in [0.29, 0.717) is 57.1 Å². The summed E-state index contributed by atoms with van der Waals surface area (Å²) in [6, 6.07) is 13.5. The number of anilines is 2. The maximum Gasteiger partial charge on any atom is 0.243 e. The molecule has 6 heterocycles. The Bertz CT molecular complexity index is 3140. The SMILES string of the molecule is COc1cccc(OC)c1-n1c(NS(=O)(=O)[C@@H](C)[C@H](C)n2cc(C)cn2)nnc1-c1cncc(C)c1.COc1cccc(OC)c1-n1c(NS(=O)(=O)[C@H](C)[C@@H](C)n2cc(C)cn2)nnc1-c1cncc(C)c1. The highest BCUT2D eigenvalue weighted by atomic mass is 32.2. The molecule has 0 aliphatic heterocycles. The number of para-hydroxylation sites is 2. The van der Waals surface area contributed by atoms with Gasteiger partial charge in [0.15, 0.2) is 11.6 Å². The number of hydrogen-bond donors (Lipinski definition) is 2. The fraction of sp³-hybridized carbons (Fsp3) is 0.333. The van der Waals surface area contributed by atoms with E-state index in [1.54, 1.807) is 120 Å². The number of benzene rings is 2. The lowest BCUT2D eigenvalue weighted by Gasteiger charge is -2.22. The van der Waals surface area contributed by atoms with E-state index in [1.807, 2.05) is 52.2 Å². The number of aromatic nitrogens is 12. The van der Waals surface area contributed by atoms with Crippen LogP contribution in [0.15, 0.2) is 98.1 Å². The summed E-state index contributed by atoms with van der Waals surface area (Å²) in [5, 5.41) is 23.9. The summed E-state index contributed by atoms with van der Waals surface area (Å²) in [5.41, 5.74) is 5.90. The highest BCUT2D eigenvalue weighted by Gasteiger charge is 2.34. The van der Waals surface area contributed by atoms with E-state index < -0.39 is 42.6 Å². The van der Waals surface area contributed by atoms with E-state index in [9.17, 15) is 16.8 Å². The van der Waals surface area contributed by atoms with Crippen molar-refractivity contribution in [3.63, 3.8) is 0 Å². The average molecular weight is 1020 g/mol. The van der Waals surface area contributed by atoms with Gasteiger partial charge in [0.2, 0.25) is 31.9 Å². The van der Waals surface area contributed by atoms with Crippen molar-refractivity contribution >= 4 is 31.9 Å². The molecule has 0 saturated carbocycles. The summed E-state index contributed by atoms with van der Waals surface area (Å²) < 4.78 is 88.1. The smallest absolute Gasteiger partial charge is 0.243 e. The number of nitrogens with one attached hydrogen (secondary N) is 2. The molecular weight excluding hydrogens is 965 g/mol. The van der Waals surface area contributed by atoms with Crippen LogP contribution in [0.5, 0.6) is 23.0 Å². The van der Waals surface area contributed by atoms with Crippen LogP contribution in [-0.4, -0.2) is 115 Å². The van der Waals surface area contributed by atoms with E-state index in [1.165, 1.54) is 28.4 Å². The van der Waals surface area contributed by atoms with Crippen molar-refractivity contribution in [1.29, 1.82) is 0 Å². The molecule has 24 heteroatoms. The maximum absolute atomic E-state index is 13.5. The second-order valence-electron chi connectivity index (χ2n) is 17.1. The third kappa shape index (κ3) is 10.9. The highest BCUT2D eigenvalue weighted by molar-refractivity contribution is 7.93. The Morgan fingerprint density at radius 1 is 0.486 bits per heavy atom. The number of methoxy groups -OCH3 is 4. The molecule has 2 aromatic carbocycles. The fourth-order valence-electron chi connectivity index (χ4n) is 7.66. The summed E-state index contributed by atoms with van der Waals surface area (Å²) in [7, 11) is -1.76. The zero-order valence-electron chi connectivity index (χ0n) is 42.0. The predicted molar refractivity (Wildman–Crippen MR) is 272 cm³/mol. The highest BCUT2D eigenvalue weighted by Crippen LogP contribution is 2.40. The first-order chi connectivity index (χ1) is 34.3. The summed E-state index contributed by atoms with van der Waals surface area (Å²) in [6.07, 6.45) is 13.7. The first-order valence-electron chi connectivity index (χ1n) is 22.5. The Morgan fingerprint density at radius 2 is 0.833 bits per heavy atom. The van der Waals surface area contributed by atoms with Gasteiger partial charge in [-0.2, -0.15) is 10.2 Å². The van der Waals surface area contributed by atoms with E-state index >= 15 is 0 Å². The third-order valence-electron chi connectivity index (χ3n) is 11.9. The molecule has 0 radical (unpaired) electrons. The topological polar surface area (TPSA) is 252 Å². The summed E-state index contributed by atoms with van der Waals surface area (Å²) >= 11 is 0. The van der Waals surface area contributed by atoms with Crippen molar-refractivity contribution in [2.45, 2.75) is 78.0 Å². The minimum absolute atomic E-state index is 0.00926. The van der Waals surface area contributed by atoms with Crippen molar-refractivity contribution < 1.29 is 35.8 Å². The van der Waals surface area contributed by atoms with Crippen molar-refractivity contribution in [2.75, 3.05) is 37.9 Å². The minimum Gasteiger partial charge on any atom is -0.494 e. The molecule has 0 aliphatic rings. The third-order valence-corrected chi connectivity index (χ3v) is 15.6. The van der Waals surface area contributed by atoms with Gasteiger partial charge in [-0.05, 0) is 114 Å². The van der Waals surface area contributed by atoms with Gasteiger partial charge in [-0.15, -0.1) is 20.4 Å². The molecular formula is C48H58N14O8S2. The fourth-order valence-corrected chi connectivity index (χ4v) is 10.1. The minimum atomic E-state index is -3.93. The van der Waals surface area contributed by atoms with Crippen molar-refractivity contribution in [2.24, 2.45) is 0 Å². The normalized spacial score (nSPS) is 13.3. The van der Waals surface area contributed by atoms with Gasteiger partial charge < -0.3 is 18.9 Å². The Morgan fingerprint density at radius 3 is 1.12 bits per heavy atom. The molecule has 6 aromatic heterocycles. The van der Waals surface area contributed by atoms with Crippen LogP contribution in [0.3, 0.4) is 0 Å².